The van der Waals surface area contributed by atoms with E-state index >= 15 is 0 Å². The predicted molar refractivity (Wildman–Crippen MR) is 55.9 cm³/mol. The SMILES string of the molecule is CCC1(N=C(N)N=C(N)N)CCOC1. The van der Waals surface area contributed by atoms with Gasteiger partial charge in [-0.1, -0.05) is 6.92 Å². The molecular formula is C8H17N5O. The largest absolute Gasteiger partial charge is 0.379 e. The Hall–Kier alpha value is -1.30. The summed E-state index contributed by atoms with van der Waals surface area (Å²) in [6.45, 7) is 3.34. The van der Waals surface area contributed by atoms with Gasteiger partial charge in [0, 0.05) is 6.61 Å². The Morgan fingerprint density at radius 3 is 2.57 bits per heavy atom. The Morgan fingerprint density at radius 1 is 1.43 bits per heavy atom. The van der Waals surface area contributed by atoms with Crippen molar-refractivity contribution in [3.8, 4) is 0 Å². The molecule has 1 aliphatic heterocycles. The van der Waals surface area contributed by atoms with Crippen LogP contribution in [0, 0.1) is 0 Å². The van der Waals surface area contributed by atoms with Gasteiger partial charge in [-0.2, -0.15) is 4.99 Å². The van der Waals surface area contributed by atoms with Crippen molar-refractivity contribution >= 4 is 11.9 Å². The molecule has 0 amide bonds. The zero-order valence-electron chi connectivity index (χ0n) is 8.36. The summed E-state index contributed by atoms with van der Waals surface area (Å²) >= 11 is 0. The lowest BCUT2D eigenvalue weighted by Crippen LogP contribution is -2.31. The van der Waals surface area contributed by atoms with Crippen molar-refractivity contribution < 1.29 is 4.74 Å². The van der Waals surface area contributed by atoms with E-state index in [4.69, 9.17) is 21.9 Å². The first-order chi connectivity index (χ1) is 6.58. The molecule has 14 heavy (non-hydrogen) atoms. The molecule has 0 spiro atoms. The number of aliphatic imine (C=N–C) groups is 2. The minimum absolute atomic E-state index is 0.0728. The standard InChI is InChI=1S/C8H17N5O/c1-2-8(3-4-14-5-8)13-7(11)12-6(9)10/h2-5H2,1H3,(H6,9,10,11,12,13). The normalized spacial score (nSPS) is 27.6. The monoisotopic (exact) mass is 199 g/mol. The smallest absolute Gasteiger partial charge is 0.219 e. The highest BCUT2D eigenvalue weighted by atomic mass is 16.5. The van der Waals surface area contributed by atoms with Crippen LogP contribution >= 0.6 is 0 Å². The first kappa shape index (κ1) is 10.8. The fourth-order valence-corrected chi connectivity index (χ4v) is 1.44. The second-order valence-corrected chi connectivity index (χ2v) is 3.39. The third-order valence-electron chi connectivity index (χ3n) is 2.34. The summed E-state index contributed by atoms with van der Waals surface area (Å²) < 4.78 is 5.28. The summed E-state index contributed by atoms with van der Waals surface area (Å²) in [5.41, 5.74) is 15.7. The third kappa shape index (κ3) is 2.59. The van der Waals surface area contributed by atoms with E-state index < -0.39 is 0 Å². The van der Waals surface area contributed by atoms with E-state index in [0.29, 0.717) is 13.2 Å². The average molecular weight is 199 g/mol. The average Bonchev–Trinajstić information content (AvgIpc) is 2.52. The zero-order chi connectivity index (χ0) is 10.6. The molecule has 0 aromatic rings. The van der Waals surface area contributed by atoms with Crippen molar-refractivity contribution in [2.24, 2.45) is 27.2 Å². The molecule has 1 heterocycles. The first-order valence-corrected chi connectivity index (χ1v) is 4.61. The van der Waals surface area contributed by atoms with E-state index in [9.17, 15) is 0 Å². The fourth-order valence-electron chi connectivity index (χ4n) is 1.44. The number of ether oxygens (including phenoxy) is 1. The van der Waals surface area contributed by atoms with Gasteiger partial charge in [0.15, 0.2) is 5.96 Å². The fraction of sp³-hybridized carbons (Fsp3) is 0.750. The van der Waals surface area contributed by atoms with Gasteiger partial charge in [-0.05, 0) is 12.8 Å². The maximum Gasteiger partial charge on any atom is 0.219 e. The van der Waals surface area contributed by atoms with Gasteiger partial charge in [0.2, 0.25) is 5.96 Å². The molecule has 1 rings (SSSR count). The first-order valence-electron chi connectivity index (χ1n) is 4.61. The summed E-state index contributed by atoms with van der Waals surface area (Å²) in [5.74, 6) is 0.0498. The zero-order valence-corrected chi connectivity index (χ0v) is 8.36. The van der Waals surface area contributed by atoms with Crippen molar-refractivity contribution in [3.63, 3.8) is 0 Å². The molecule has 6 nitrogen and oxygen atoms in total. The van der Waals surface area contributed by atoms with Crippen LogP contribution in [0.5, 0.6) is 0 Å². The van der Waals surface area contributed by atoms with Gasteiger partial charge in [0.25, 0.3) is 0 Å². The molecule has 1 fully saturated rings. The van der Waals surface area contributed by atoms with E-state index in [1.54, 1.807) is 0 Å². The summed E-state index contributed by atoms with van der Waals surface area (Å²) in [7, 11) is 0. The molecule has 0 bridgehead atoms. The number of nitrogens with two attached hydrogens (primary N) is 3. The summed E-state index contributed by atoms with van der Waals surface area (Å²) in [4.78, 5) is 7.97. The van der Waals surface area contributed by atoms with Gasteiger partial charge < -0.3 is 21.9 Å². The molecule has 80 valence electrons. The molecule has 6 N–H and O–H groups in total. The number of guanidine groups is 2. The van der Waals surface area contributed by atoms with Crippen LogP contribution in [0.2, 0.25) is 0 Å². The van der Waals surface area contributed by atoms with E-state index in [0.717, 1.165) is 12.8 Å². The molecular weight excluding hydrogens is 182 g/mol. The maximum absolute atomic E-state index is 5.56. The van der Waals surface area contributed by atoms with Crippen LogP contribution in [-0.2, 0) is 4.74 Å². The van der Waals surface area contributed by atoms with Crippen molar-refractivity contribution in [2.45, 2.75) is 25.3 Å². The second kappa shape index (κ2) is 4.28. The lowest BCUT2D eigenvalue weighted by Gasteiger charge is -2.19. The van der Waals surface area contributed by atoms with Crippen molar-refractivity contribution in [3.05, 3.63) is 0 Å². The summed E-state index contributed by atoms with van der Waals surface area (Å²) in [5, 5.41) is 0. The summed E-state index contributed by atoms with van der Waals surface area (Å²) in [6, 6.07) is 0. The summed E-state index contributed by atoms with van der Waals surface area (Å²) in [6.07, 6.45) is 1.73. The molecule has 0 aliphatic carbocycles. The van der Waals surface area contributed by atoms with Crippen LogP contribution in [0.3, 0.4) is 0 Å². The Bertz CT molecular complexity index is 250. The molecule has 0 aromatic carbocycles. The molecule has 1 saturated heterocycles. The van der Waals surface area contributed by atoms with Gasteiger partial charge >= 0.3 is 0 Å². The molecule has 1 atom stereocenters. The highest BCUT2D eigenvalue weighted by molar-refractivity contribution is 5.92. The van der Waals surface area contributed by atoms with Gasteiger partial charge in [-0.25, -0.2) is 4.99 Å². The van der Waals surface area contributed by atoms with Crippen LogP contribution in [0.4, 0.5) is 0 Å². The third-order valence-corrected chi connectivity index (χ3v) is 2.34. The maximum atomic E-state index is 5.56. The molecule has 1 unspecified atom stereocenters. The highest BCUT2D eigenvalue weighted by Crippen LogP contribution is 2.26. The van der Waals surface area contributed by atoms with E-state index in [1.807, 2.05) is 6.92 Å². The highest BCUT2D eigenvalue weighted by Gasteiger charge is 2.32. The van der Waals surface area contributed by atoms with E-state index in [1.165, 1.54) is 0 Å². The molecule has 6 heteroatoms. The quantitative estimate of drug-likeness (QED) is 0.397. The van der Waals surface area contributed by atoms with Crippen molar-refractivity contribution in [1.29, 1.82) is 0 Å². The number of nitrogens with zero attached hydrogens (tertiary/aromatic N) is 2. The Kier molecular flexibility index (Phi) is 3.29. The van der Waals surface area contributed by atoms with Crippen LogP contribution in [0.1, 0.15) is 19.8 Å². The minimum Gasteiger partial charge on any atom is -0.379 e. The van der Waals surface area contributed by atoms with E-state index in [-0.39, 0.29) is 17.5 Å². The second-order valence-electron chi connectivity index (χ2n) is 3.39. The lowest BCUT2D eigenvalue weighted by atomic mass is 9.97. The van der Waals surface area contributed by atoms with Gasteiger partial charge in [-0.15, -0.1) is 0 Å². The van der Waals surface area contributed by atoms with Gasteiger partial charge in [0.1, 0.15) is 0 Å². The van der Waals surface area contributed by atoms with Crippen molar-refractivity contribution in [2.75, 3.05) is 13.2 Å². The Morgan fingerprint density at radius 2 is 2.14 bits per heavy atom. The van der Waals surface area contributed by atoms with Crippen LogP contribution < -0.4 is 17.2 Å². The number of hydrogen-bond donors (Lipinski definition) is 3. The molecule has 0 saturated carbocycles. The molecule has 0 radical (unpaired) electrons. The number of rotatable bonds is 2. The Labute approximate surface area is 83.2 Å². The van der Waals surface area contributed by atoms with Gasteiger partial charge in [-0.3, -0.25) is 0 Å². The lowest BCUT2D eigenvalue weighted by molar-refractivity contribution is 0.177. The molecule has 0 aromatic heterocycles. The van der Waals surface area contributed by atoms with Crippen LogP contribution in [-0.4, -0.2) is 30.7 Å². The van der Waals surface area contributed by atoms with Gasteiger partial charge in [0.05, 0.1) is 12.1 Å². The predicted octanol–water partition coefficient (Wildman–Crippen LogP) is -0.856. The van der Waals surface area contributed by atoms with Crippen LogP contribution in [0.25, 0.3) is 0 Å². The Balaban J connectivity index is 2.76. The van der Waals surface area contributed by atoms with E-state index in [2.05, 4.69) is 9.98 Å². The minimum atomic E-state index is -0.233. The topological polar surface area (TPSA) is 112 Å². The van der Waals surface area contributed by atoms with Crippen LogP contribution in [0.15, 0.2) is 9.98 Å². The molecule has 1 aliphatic rings. The van der Waals surface area contributed by atoms with Crippen molar-refractivity contribution in [1.82, 2.24) is 0 Å². The number of hydrogen-bond acceptors (Lipinski definition) is 2.